The highest BCUT2D eigenvalue weighted by atomic mass is 32.2. The van der Waals surface area contributed by atoms with Crippen LogP contribution in [0.2, 0.25) is 0 Å². The second kappa shape index (κ2) is 8.04. The minimum Gasteiger partial charge on any atom is -0.490 e. The number of nitrogens with one attached hydrogen (secondary N) is 1. The molecule has 1 amide bonds. The summed E-state index contributed by atoms with van der Waals surface area (Å²) in [6, 6.07) is 10.4. The van der Waals surface area contributed by atoms with Gasteiger partial charge in [0.25, 0.3) is 10.0 Å². The fourth-order valence-corrected chi connectivity index (χ4v) is 5.21. The molecule has 7 heteroatoms. The van der Waals surface area contributed by atoms with Crippen LogP contribution in [0.4, 0.5) is 11.4 Å². The number of sulfonamides is 1. The molecule has 2 aliphatic rings. The number of carbonyl (C=O) groups is 1. The number of benzene rings is 2. The van der Waals surface area contributed by atoms with Crippen LogP contribution in [-0.4, -0.2) is 27.5 Å². The molecule has 0 radical (unpaired) electrons. The number of anilines is 2. The van der Waals surface area contributed by atoms with Crippen molar-refractivity contribution in [2.75, 3.05) is 22.8 Å². The Labute approximate surface area is 184 Å². The van der Waals surface area contributed by atoms with E-state index < -0.39 is 15.4 Å². The minimum atomic E-state index is -3.74. The topological polar surface area (TPSA) is 75.7 Å². The fourth-order valence-electron chi connectivity index (χ4n) is 4.11. The quantitative estimate of drug-likeness (QED) is 0.703. The van der Waals surface area contributed by atoms with Gasteiger partial charge < -0.3 is 9.64 Å². The normalized spacial score (nSPS) is 17.7. The first-order valence-electron chi connectivity index (χ1n) is 10.6. The molecule has 4 rings (SSSR count). The van der Waals surface area contributed by atoms with Crippen molar-refractivity contribution >= 4 is 27.3 Å². The smallest absolute Gasteiger partial charge is 0.261 e. The summed E-state index contributed by atoms with van der Waals surface area (Å²) >= 11 is 0. The molecule has 0 fully saturated rings. The van der Waals surface area contributed by atoms with E-state index in [4.69, 9.17) is 4.74 Å². The average Bonchev–Trinajstić information content (AvgIpc) is 2.83. The zero-order valence-corrected chi connectivity index (χ0v) is 18.8. The van der Waals surface area contributed by atoms with Crippen LogP contribution in [0.3, 0.4) is 0 Å². The number of hydrogen-bond acceptors (Lipinski definition) is 4. The highest BCUT2D eigenvalue weighted by Gasteiger charge is 2.37. The van der Waals surface area contributed by atoms with Crippen molar-refractivity contribution in [3.63, 3.8) is 0 Å². The molecular formula is C24H28N2O4S. The SMILES string of the molecule is C=CCN1C(=O)C(C)(C)COc2cc(NS(=O)(=O)c3ccc4c(c3)CCCC4)ccc21. The van der Waals surface area contributed by atoms with Crippen LogP contribution in [-0.2, 0) is 27.7 Å². The summed E-state index contributed by atoms with van der Waals surface area (Å²) in [5.41, 5.74) is 2.64. The first-order chi connectivity index (χ1) is 14.7. The molecule has 2 aromatic carbocycles. The average molecular weight is 441 g/mol. The van der Waals surface area contributed by atoms with Gasteiger partial charge >= 0.3 is 0 Å². The first kappa shape index (κ1) is 21.4. The number of nitrogens with zero attached hydrogens (tertiary/aromatic N) is 1. The van der Waals surface area contributed by atoms with Crippen LogP contribution >= 0.6 is 0 Å². The number of aryl methyl sites for hydroxylation is 2. The lowest BCUT2D eigenvalue weighted by molar-refractivity contribution is -0.127. The number of amides is 1. The van der Waals surface area contributed by atoms with Gasteiger partial charge in [0, 0.05) is 12.6 Å². The molecule has 0 bridgehead atoms. The molecule has 6 nitrogen and oxygen atoms in total. The van der Waals surface area contributed by atoms with Crippen LogP contribution < -0.4 is 14.4 Å². The molecule has 1 aliphatic carbocycles. The van der Waals surface area contributed by atoms with Crippen molar-refractivity contribution in [1.82, 2.24) is 0 Å². The van der Waals surface area contributed by atoms with Gasteiger partial charge in [-0.3, -0.25) is 9.52 Å². The van der Waals surface area contributed by atoms with Gasteiger partial charge in [0.15, 0.2) is 0 Å². The molecule has 0 atom stereocenters. The lowest BCUT2D eigenvalue weighted by Gasteiger charge is -2.27. The molecular weight excluding hydrogens is 412 g/mol. The first-order valence-corrected chi connectivity index (χ1v) is 12.0. The number of rotatable bonds is 5. The van der Waals surface area contributed by atoms with E-state index in [0.717, 1.165) is 31.2 Å². The highest BCUT2D eigenvalue weighted by molar-refractivity contribution is 7.92. The van der Waals surface area contributed by atoms with Crippen LogP contribution in [0.5, 0.6) is 5.75 Å². The van der Waals surface area contributed by atoms with Crippen LogP contribution in [0, 0.1) is 5.41 Å². The van der Waals surface area contributed by atoms with Crippen LogP contribution in [0.25, 0.3) is 0 Å². The standard InChI is InChI=1S/C24H28N2O4S/c1-4-13-26-21-12-10-19(15-22(21)30-16-24(2,3)23(26)27)25-31(28,29)20-11-9-17-7-5-6-8-18(17)14-20/h4,9-12,14-15,25H,1,5-8,13,16H2,2-3H3. The van der Waals surface area contributed by atoms with Gasteiger partial charge in [-0.15, -0.1) is 6.58 Å². The summed E-state index contributed by atoms with van der Waals surface area (Å²) in [4.78, 5) is 14.8. The monoisotopic (exact) mass is 440 g/mol. The zero-order valence-electron chi connectivity index (χ0n) is 18.0. The minimum absolute atomic E-state index is 0.0615. The molecule has 164 valence electrons. The Balaban J connectivity index is 1.64. The Morgan fingerprint density at radius 1 is 1.13 bits per heavy atom. The van der Waals surface area contributed by atoms with Gasteiger partial charge in [-0.25, -0.2) is 8.42 Å². The zero-order chi connectivity index (χ0) is 22.2. The Morgan fingerprint density at radius 2 is 1.87 bits per heavy atom. The molecule has 0 saturated heterocycles. The van der Waals surface area contributed by atoms with E-state index in [1.807, 2.05) is 19.9 Å². The number of hydrogen-bond donors (Lipinski definition) is 1. The predicted molar refractivity (Wildman–Crippen MR) is 122 cm³/mol. The van der Waals surface area contributed by atoms with Crippen molar-refractivity contribution in [3.8, 4) is 5.75 Å². The van der Waals surface area contributed by atoms with E-state index in [1.54, 1.807) is 41.3 Å². The molecule has 2 aromatic rings. The van der Waals surface area contributed by atoms with E-state index >= 15 is 0 Å². The van der Waals surface area contributed by atoms with Gasteiger partial charge in [0.1, 0.15) is 12.4 Å². The molecule has 31 heavy (non-hydrogen) atoms. The van der Waals surface area contributed by atoms with Gasteiger partial charge in [-0.1, -0.05) is 12.1 Å². The summed E-state index contributed by atoms with van der Waals surface area (Å²) in [6.45, 7) is 7.95. The molecule has 1 heterocycles. The lowest BCUT2D eigenvalue weighted by Crippen LogP contribution is -2.42. The summed E-state index contributed by atoms with van der Waals surface area (Å²) in [5, 5.41) is 0. The van der Waals surface area contributed by atoms with Crippen LogP contribution in [0.1, 0.15) is 37.8 Å². The molecule has 1 aliphatic heterocycles. The van der Waals surface area contributed by atoms with Gasteiger partial charge in [-0.2, -0.15) is 0 Å². The largest absolute Gasteiger partial charge is 0.490 e. The summed E-state index contributed by atoms with van der Waals surface area (Å²) in [5.74, 6) is 0.403. The number of fused-ring (bicyclic) bond motifs is 2. The third kappa shape index (κ3) is 4.19. The molecule has 0 saturated carbocycles. The van der Waals surface area contributed by atoms with E-state index in [2.05, 4.69) is 11.3 Å². The summed E-state index contributed by atoms with van der Waals surface area (Å²) < 4.78 is 34.6. The van der Waals surface area contributed by atoms with Crippen LogP contribution in [0.15, 0.2) is 53.9 Å². The van der Waals surface area contributed by atoms with Gasteiger partial charge in [-0.05, 0) is 74.9 Å². The molecule has 1 N–H and O–H groups in total. The van der Waals surface area contributed by atoms with E-state index in [0.29, 0.717) is 23.7 Å². The van der Waals surface area contributed by atoms with Crippen molar-refractivity contribution in [2.24, 2.45) is 5.41 Å². The predicted octanol–water partition coefficient (Wildman–Crippen LogP) is 4.30. The lowest BCUT2D eigenvalue weighted by atomic mass is 9.92. The summed E-state index contributed by atoms with van der Waals surface area (Å²) in [7, 11) is -3.74. The maximum Gasteiger partial charge on any atom is 0.261 e. The third-order valence-electron chi connectivity index (χ3n) is 5.86. The summed E-state index contributed by atoms with van der Waals surface area (Å²) in [6.07, 6.45) is 5.81. The Hall–Kier alpha value is -2.80. The molecule has 0 spiro atoms. The molecule has 0 unspecified atom stereocenters. The maximum absolute atomic E-state index is 13.0. The number of carbonyl (C=O) groups excluding carboxylic acids is 1. The van der Waals surface area contributed by atoms with E-state index in [9.17, 15) is 13.2 Å². The van der Waals surface area contributed by atoms with Gasteiger partial charge in [0.05, 0.1) is 21.7 Å². The molecule has 0 aromatic heterocycles. The second-order valence-corrected chi connectivity index (χ2v) is 10.5. The third-order valence-corrected chi connectivity index (χ3v) is 7.24. The van der Waals surface area contributed by atoms with E-state index in [-0.39, 0.29) is 17.4 Å². The van der Waals surface area contributed by atoms with Gasteiger partial charge in [0.2, 0.25) is 5.91 Å². The second-order valence-electron chi connectivity index (χ2n) is 8.80. The van der Waals surface area contributed by atoms with Crippen molar-refractivity contribution in [2.45, 2.75) is 44.4 Å². The highest BCUT2D eigenvalue weighted by Crippen LogP contribution is 2.38. The Kier molecular flexibility index (Phi) is 5.56. The maximum atomic E-state index is 13.0. The van der Waals surface area contributed by atoms with Crippen molar-refractivity contribution < 1.29 is 17.9 Å². The fraction of sp³-hybridized carbons (Fsp3) is 0.375. The van der Waals surface area contributed by atoms with Crippen molar-refractivity contribution in [1.29, 1.82) is 0 Å². The Morgan fingerprint density at radius 3 is 2.61 bits per heavy atom. The van der Waals surface area contributed by atoms with Crippen molar-refractivity contribution in [3.05, 3.63) is 60.2 Å². The number of ether oxygens (including phenoxy) is 1. The Bertz CT molecular complexity index is 1140. The van der Waals surface area contributed by atoms with E-state index in [1.165, 1.54) is 5.56 Å².